The molecule has 1 aromatic rings. The summed E-state index contributed by atoms with van der Waals surface area (Å²) in [5.41, 5.74) is 7.51. The zero-order chi connectivity index (χ0) is 15.2. The van der Waals surface area contributed by atoms with Crippen LogP contribution in [0.4, 0.5) is 5.69 Å². The van der Waals surface area contributed by atoms with Gasteiger partial charge < -0.3 is 5.73 Å². The van der Waals surface area contributed by atoms with E-state index in [1.165, 1.54) is 5.56 Å². The Kier molecular flexibility index (Phi) is 6.30. The van der Waals surface area contributed by atoms with Crippen LogP contribution in [0.2, 0.25) is 0 Å². The second-order valence-corrected chi connectivity index (χ2v) is 7.35. The molecule has 1 aliphatic rings. The third-order valence-electron chi connectivity index (χ3n) is 3.63. The minimum absolute atomic E-state index is 0.00579. The maximum absolute atomic E-state index is 11.0. The molecule has 1 saturated carbocycles. The fraction of sp³-hybridized carbons (Fsp3) is 0.571. The van der Waals surface area contributed by atoms with Crippen molar-refractivity contribution in [2.24, 2.45) is 0 Å². The Morgan fingerprint density at radius 1 is 1.20 bits per heavy atom. The van der Waals surface area contributed by atoms with Gasteiger partial charge in [0.15, 0.2) is 0 Å². The van der Waals surface area contributed by atoms with Crippen LogP contribution in [-0.4, -0.2) is 23.6 Å². The van der Waals surface area contributed by atoms with Gasteiger partial charge in [0.1, 0.15) is 4.75 Å². The quantitative estimate of drug-likeness (QED) is 0.497. The molecule has 114 valence electrons. The first-order valence-corrected chi connectivity index (χ1v) is 8.63. The van der Waals surface area contributed by atoms with E-state index in [4.69, 9.17) is 21.9 Å². The second-order valence-electron chi connectivity index (χ2n) is 5.26. The summed E-state index contributed by atoms with van der Waals surface area (Å²) in [6, 6.07) is 7.79. The highest BCUT2D eigenvalue weighted by Crippen LogP contribution is 2.35. The number of nitrogen functional groups attached to an aromatic ring is 1. The van der Waals surface area contributed by atoms with Gasteiger partial charge in [-0.25, -0.2) is 0 Å². The molecule has 1 fully saturated rings. The van der Waals surface area contributed by atoms with Crippen molar-refractivity contribution >= 4 is 27.4 Å². The Morgan fingerprint density at radius 2 is 1.70 bits per heavy atom. The van der Waals surface area contributed by atoms with Crippen molar-refractivity contribution in [1.29, 1.82) is 0 Å². The van der Waals surface area contributed by atoms with Crippen molar-refractivity contribution in [2.75, 3.05) is 11.6 Å². The molecule has 2 rings (SSSR count). The van der Waals surface area contributed by atoms with Gasteiger partial charge in [-0.3, -0.25) is 4.55 Å². The molecular formula is C14H22ClNO3S. The lowest BCUT2D eigenvalue weighted by Gasteiger charge is -2.31. The van der Waals surface area contributed by atoms with Crippen molar-refractivity contribution < 1.29 is 13.0 Å². The maximum atomic E-state index is 11.0. The Bertz CT molecular complexity index is 487. The molecule has 6 heteroatoms. The molecule has 0 heterocycles. The van der Waals surface area contributed by atoms with Crippen LogP contribution in [-0.2, 0) is 10.1 Å². The van der Waals surface area contributed by atoms with Crippen molar-refractivity contribution in [1.82, 2.24) is 0 Å². The highest BCUT2D eigenvalue weighted by Gasteiger charge is 2.42. The van der Waals surface area contributed by atoms with E-state index >= 15 is 0 Å². The van der Waals surface area contributed by atoms with Crippen LogP contribution < -0.4 is 5.73 Å². The van der Waals surface area contributed by atoms with Gasteiger partial charge in [-0.2, -0.15) is 8.42 Å². The van der Waals surface area contributed by atoms with E-state index < -0.39 is 14.9 Å². The summed E-state index contributed by atoms with van der Waals surface area (Å²) in [6.07, 6.45) is 3.71. The lowest BCUT2D eigenvalue weighted by atomic mass is 9.90. The Labute approximate surface area is 126 Å². The fourth-order valence-electron chi connectivity index (χ4n) is 2.22. The minimum Gasteiger partial charge on any atom is -0.399 e. The Hall–Kier alpha value is -0.780. The van der Waals surface area contributed by atoms with Gasteiger partial charge in [-0.15, -0.1) is 11.6 Å². The van der Waals surface area contributed by atoms with Crippen molar-refractivity contribution in [2.45, 2.75) is 43.8 Å². The van der Waals surface area contributed by atoms with Crippen LogP contribution in [0.3, 0.4) is 0 Å². The standard InChI is InChI=1S/C7H13ClO3S.C7H9N/c8-6-7(12(9,10)11)4-2-1-3-5-7;1-6-2-4-7(8)5-3-6/h1-6H2,(H,9,10,11);2-5H,8H2,1H3. The molecule has 0 amide bonds. The number of rotatable bonds is 2. The molecule has 0 bridgehead atoms. The zero-order valence-corrected chi connectivity index (χ0v) is 13.3. The molecule has 0 aliphatic heterocycles. The first-order chi connectivity index (χ1) is 9.31. The summed E-state index contributed by atoms with van der Waals surface area (Å²) in [5, 5.41) is 0. The fourth-order valence-corrected chi connectivity index (χ4v) is 3.85. The van der Waals surface area contributed by atoms with Crippen LogP contribution >= 0.6 is 11.6 Å². The number of aryl methyl sites for hydroxylation is 1. The Balaban J connectivity index is 0.000000217. The van der Waals surface area contributed by atoms with Crippen molar-refractivity contribution in [3.63, 3.8) is 0 Å². The van der Waals surface area contributed by atoms with Crippen LogP contribution in [0.1, 0.15) is 37.7 Å². The molecule has 0 aromatic heterocycles. The lowest BCUT2D eigenvalue weighted by Crippen LogP contribution is -2.42. The normalized spacial score (nSPS) is 17.9. The molecule has 0 radical (unpaired) electrons. The third kappa shape index (κ3) is 4.65. The van der Waals surface area contributed by atoms with Gasteiger partial charge in [0.2, 0.25) is 0 Å². The number of alkyl halides is 1. The predicted octanol–water partition coefficient (Wildman–Crippen LogP) is 3.39. The molecule has 4 nitrogen and oxygen atoms in total. The molecule has 3 N–H and O–H groups in total. The molecule has 0 unspecified atom stereocenters. The average molecular weight is 320 g/mol. The first-order valence-electron chi connectivity index (χ1n) is 6.66. The van der Waals surface area contributed by atoms with E-state index in [0.717, 1.165) is 24.9 Å². The van der Waals surface area contributed by atoms with Gasteiger partial charge in [-0.05, 0) is 31.9 Å². The third-order valence-corrected chi connectivity index (χ3v) is 5.95. The van der Waals surface area contributed by atoms with E-state index in [9.17, 15) is 8.42 Å². The molecule has 0 saturated heterocycles. The van der Waals surface area contributed by atoms with Crippen LogP contribution in [0.25, 0.3) is 0 Å². The average Bonchev–Trinajstić information content (AvgIpc) is 2.42. The number of benzene rings is 1. The van der Waals surface area contributed by atoms with Crippen LogP contribution in [0, 0.1) is 6.92 Å². The topological polar surface area (TPSA) is 80.4 Å². The van der Waals surface area contributed by atoms with Gasteiger partial charge in [0.25, 0.3) is 10.1 Å². The smallest absolute Gasteiger partial charge is 0.271 e. The molecule has 1 aromatic carbocycles. The van der Waals surface area contributed by atoms with E-state index in [1.807, 2.05) is 31.2 Å². The summed E-state index contributed by atoms with van der Waals surface area (Å²) in [5.74, 6) is 0.00579. The number of nitrogens with two attached hydrogens (primary N) is 1. The van der Waals surface area contributed by atoms with Gasteiger partial charge in [0.05, 0.1) is 0 Å². The lowest BCUT2D eigenvalue weighted by molar-refractivity contribution is 0.360. The number of hydrogen-bond acceptors (Lipinski definition) is 3. The van der Waals surface area contributed by atoms with Gasteiger partial charge in [0, 0.05) is 11.6 Å². The van der Waals surface area contributed by atoms with Crippen LogP contribution in [0.15, 0.2) is 24.3 Å². The molecule has 1 aliphatic carbocycles. The summed E-state index contributed by atoms with van der Waals surface area (Å²) < 4.78 is 30.0. The maximum Gasteiger partial charge on any atom is 0.271 e. The number of halogens is 1. The summed E-state index contributed by atoms with van der Waals surface area (Å²) in [6.45, 7) is 2.04. The largest absolute Gasteiger partial charge is 0.399 e. The zero-order valence-electron chi connectivity index (χ0n) is 11.7. The van der Waals surface area contributed by atoms with Gasteiger partial charge >= 0.3 is 0 Å². The van der Waals surface area contributed by atoms with Crippen molar-refractivity contribution in [3.05, 3.63) is 29.8 Å². The SMILES string of the molecule is Cc1ccc(N)cc1.O=S(=O)(O)C1(CCl)CCCCC1. The molecular weight excluding hydrogens is 298 g/mol. The molecule has 20 heavy (non-hydrogen) atoms. The van der Waals surface area contributed by atoms with Crippen LogP contribution in [0.5, 0.6) is 0 Å². The second kappa shape index (κ2) is 7.29. The van der Waals surface area contributed by atoms with E-state index in [0.29, 0.717) is 12.8 Å². The predicted molar refractivity (Wildman–Crippen MR) is 83.7 cm³/mol. The highest BCUT2D eigenvalue weighted by atomic mass is 35.5. The van der Waals surface area contributed by atoms with E-state index in [1.54, 1.807) is 0 Å². The minimum atomic E-state index is -3.97. The monoisotopic (exact) mass is 319 g/mol. The van der Waals surface area contributed by atoms with Gasteiger partial charge in [-0.1, -0.05) is 37.0 Å². The first kappa shape index (κ1) is 17.3. The van der Waals surface area contributed by atoms with E-state index in [2.05, 4.69) is 0 Å². The molecule has 0 atom stereocenters. The van der Waals surface area contributed by atoms with Crippen molar-refractivity contribution in [3.8, 4) is 0 Å². The summed E-state index contributed by atoms with van der Waals surface area (Å²) >= 11 is 5.58. The summed E-state index contributed by atoms with van der Waals surface area (Å²) in [7, 11) is -3.97. The molecule has 0 spiro atoms. The highest BCUT2D eigenvalue weighted by molar-refractivity contribution is 7.87. The Morgan fingerprint density at radius 3 is 2.00 bits per heavy atom. The number of anilines is 1. The summed E-state index contributed by atoms with van der Waals surface area (Å²) in [4.78, 5) is 0. The number of hydrogen-bond donors (Lipinski definition) is 2. The van der Waals surface area contributed by atoms with E-state index in [-0.39, 0.29) is 5.88 Å².